The molecule has 118 valence electrons. The summed E-state index contributed by atoms with van der Waals surface area (Å²) in [6, 6.07) is 14.7. The molecule has 0 spiro atoms. The van der Waals surface area contributed by atoms with Gasteiger partial charge in [-0.3, -0.25) is 10.1 Å². The largest absolute Gasteiger partial charge is 0.359 e. The SMILES string of the molecule is O=[N+]([O-])c1ccc(Cl)c(NC(=S)N[C@H]2C[C@H]2c2ccccc2)c1. The van der Waals surface area contributed by atoms with Gasteiger partial charge in [-0.2, -0.15) is 0 Å². The molecule has 0 aromatic heterocycles. The molecule has 5 nitrogen and oxygen atoms in total. The van der Waals surface area contributed by atoms with Gasteiger partial charge in [0.2, 0.25) is 0 Å². The Morgan fingerprint density at radius 3 is 2.70 bits per heavy atom. The normalized spacial score (nSPS) is 19.0. The Morgan fingerprint density at radius 2 is 2.00 bits per heavy atom. The molecular weight excluding hydrogens is 334 g/mol. The van der Waals surface area contributed by atoms with Crippen molar-refractivity contribution in [3.63, 3.8) is 0 Å². The number of hydrogen-bond acceptors (Lipinski definition) is 3. The van der Waals surface area contributed by atoms with E-state index in [1.165, 1.54) is 23.8 Å². The first kappa shape index (κ1) is 15.7. The number of thiocarbonyl (C=S) groups is 1. The van der Waals surface area contributed by atoms with E-state index in [4.69, 9.17) is 23.8 Å². The molecule has 0 unspecified atom stereocenters. The van der Waals surface area contributed by atoms with Crippen LogP contribution < -0.4 is 10.6 Å². The Balaban J connectivity index is 1.61. The van der Waals surface area contributed by atoms with Crippen LogP contribution >= 0.6 is 23.8 Å². The highest BCUT2D eigenvalue weighted by Gasteiger charge is 2.38. The number of rotatable bonds is 4. The lowest BCUT2D eigenvalue weighted by atomic mass is 10.1. The maximum absolute atomic E-state index is 10.8. The van der Waals surface area contributed by atoms with Gasteiger partial charge in [0.15, 0.2) is 5.11 Å². The molecule has 7 heteroatoms. The number of anilines is 1. The zero-order valence-electron chi connectivity index (χ0n) is 12.0. The van der Waals surface area contributed by atoms with Crippen LogP contribution in [-0.4, -0.2) is 16.1 Å². The van der Waals surface area contributed by atoms with Gasteiger partial charge in [-0.1, -0.05) is 41.9 Å². The zero-order valence-corrected chi connectivity index (χ0v) is 13.6. The molecule has 0 saturated heterocycles. The summed E-state index contributed by atoms with van der Waals surface area (Å²) >= 11 is 11.3. The second-order valence-electron chi connectivity index (χ2n) is 5.38. The average Bonchev–Trinajstić information content (AvgIpc) is 3.29. The molecule has 1 fully saturated rings. The number of benzene rings is 2. The molecule has 0 heterocycles. The van der Waals surface area contributed by atoms with Gasteiger partial charge in [0.25, 0.3) is 5.69 Å². The highest BCUT2D eigenvalue weighted by Crippen LogP contribution is 2.40. The molecule has 0 amide bonds. The molecule has 2 atom stereocenters. The van der Waals surface area contributed by atoms with E-state index in [0.717, 1.165) is 6.42 Å². The molecule has 3 rings (SSSR count). The fourth-order valence-electron chi connectivity index (χ4n) is 2.47. The minimum atomic E-state index is -0.468. The van der Waals surface area contributed by atoms with Crippen molar-refractivity contribution in [2.75, 3.05) is 5.32 Å². The number of nitro benzene ring substituents is 1. The van der Waals surface area contributed by atoms with E-state index in [2.05, 4.69) is 22.8 Å². The smallest absolute Gasteiger partial charge is 0.271 e. The summed E-state index contributed by atoms with van der Waals surface area (Å²) in [5.41, 5.74) is 1.67. The third-order valence-corrected chi connectivity index (χ3v) is 4.29. The Hall–Kier alpha value is -2.18. The highest BCUT2D eigenvalue weighted by molar-refractivity contribution is 7.80. The number of non-ortho nitro benzene ring substituents is 1. The molecule has 2 N–H and O–H groups in total. The maximum Gasteiger partial charge on any atom is 0.271 e. The summed E-state index contributed by atoms with van der Waals surface area (Å²) in [6.07, 6.45) is 1.01. The average molecular weight is 348 g/mol. The first-order valence-electron chi connectivity index (χ1n) is 7.11. The van der Waals surface area contributed by atoms with E-state index in [0.29, 0.717) is 21.7 Å². The molecule has 0 bridgehead atoms. The van der Waals surface area contributed by atoms with Gasteiger partial charge in [0.05, 0.1) is 15.6 Å². The number of halogens is 1. The Labute approximate surface area is 143 Å². The van der Waals surface area contributed by atoms with Crippen LogP contribution in [0.25, 0.3) is 0 Å². The van der Waals surface area contributed by atoms with Crippen LogP contribution in [0.2, 0.25) is 5.02 Å². The maximum atomic E-state index is 10.8. The molecule has 1 aliphatic rings. The van der Waals surface area contributed by atoms with Crippen molar-refractivity contribution >= 4 is 40.3 Å². The van der Waals surface area contributed by atoms with Gasteiger partial charge in [-0.25, -0.2) is 0 Å². The molecule has 2 aromatic carbocycles. The fourth-order valence-corrected chi connectivity index (χ4v) is 2.90. The van der Waals surface area contributed by atoms with Crippen LogP contribution in [0, 0.1) is 10.1 Å². The van der Waals surface area contributed by atoms with Crippen LogP contribution in [0.15, 0.2) is 48.5 Å². The molecule has 1 saturated carbocycles. The third-order valence-electron chi connectivity index (χ3n) is 3.74. The van der Waals surface area contributed by atoms with E-state index >= 15 is 0 Å². The minimum Gasteiger partial charge on any atom is -0.359 e. The van der Waals surface area contributed by atoms with Crippen LogP contribution in [0.3, 0.4) is 0 Å². The lowest BCUT2D eigenvalue weighted by molar-refractivity contribution is -0.384. The highest BCUT2D eigenvalue weighted by atomic mass is 35.5. The van der Waals surface area contributed by atoms with Crippen LogP contribution in [-0.2, 0) is 0 Å². The van der Waals surface area contributed by atoms with Crippen molar-refractivity contribution in [1.29, 1.82) is 0 Å². The second-order valence-corrected chi connectivity index (χ2v) is 6.19. The van der Waals surface area contributed by atoms with Crippen molar-refractivity contribution in [3.8, 4) is 0 Å². The zero-order chi connectivity index (χ0) is 16.4. The molecule has 2 aromatic rings. The van der Waals surface area contributed by atoms with E-state index < -0.39 is 4.92 Å². The molecule has 1 aliphatic carbocycles. The summed E-state index contributed by atoms with van der Waals surface area (Å²) < 4.78 is 0. The molecule has 0 radical (unpaired) electrons. The van der Waals surface area contributed by atoms with E-state index in [1.54, 1.807) is 0 Å². The second kappa shape index (κ2) is 6.52. The Kier molecular flexibility index (Phi) is 4.45. The van der Waals surface area contributed by atoms with Gasteiger partial charge in [0.1, 0.15) is 0 Å². The minimum absolute atomic E-state index is 0.0340. The summed E-state index contributed by atoms with van der Waals surface area (Å²) in [7, 11) is 0. The van der Waals surface area contributed by atoms with Crippen molar-refractivity contribution in [1.82, 2.24) is 5.32 Å². The predicted molar refractivity (Wildman–Crippen MR) is 95.1 cm³/mol. The summed E-state index contributed by atoms with van der Waals surface area (Å²) in [4.78, 5) is 10.4. The van der Waals surface area contributed by atoms with E-state index in [-0.39, 0.29) is 11.7 Å². The lowest BCUT2D eigenvalue weighted by Crippen LogP contribution is -2.31. The Bertz CT molecular complexity index is 754. The first-order chi connectivity index (χ1) is 11.0. The van der Waals surface area contributed by atoms with Crippen molar-refractivity contribution in [3.05, 3.63) is 69.2 Å². The molecule has 23 heavy (non-hydrogen) atoms. The van der Waals surface area contributed by atoms with Gasteiger partial charge < -0.3 is 10.6 Å². The third kappa shape index (κ3) is 3.78. The predicted octanol–water partition coefficient (Wildman–Crippen LogP) is 4.09. The van der Waals surface area contributed by atoms with Gasteiger partial charge in [-0.05, 0) is 30.3 Å². The fraction of sp³-hybridized carbons (Fsp3) is 0.188. The quantitative estimate of drug-likeness (QED) is 0.495. The number of hydrogen-bond donors (Lipinski definition) is 2. The van der Waals surface area contributed by atoms with Crippen LogP contribution in [0.1, 0.15) is 17.9 Å². The van der Waals surface area contributed by atoms with Crippen molar-refractivity contribution in [2.45, 2.75) is 18.4 Å². The number of nitrogens with one attached hydrogen (secondary N) is 2. The van der Waals surface area contributed by atoms with E-state index in [1.807, 2.05) is 18.2 Å². The van der Waals surface area contributed by atoms with Crippen molar-refractivity contribution in [2.24, 2.45) is 0 Å². The van der Waals surface area contributed by atoms with Gasteiger partial charge >= 0.3 is 0 Å². The number of nitrogens with zero attached hydrogens (tertiary/aromatic N) is 1. The molecule has 0 aliphatic heterocycles. The topological polar surface area (TPSA) is 67.2 Å². The lowest BCUT2D eigenvalue weighted by Gasteiger charge is -2.11. The van der Waals surface area contributed by atoms with E-state index in [9.17, 15) is 10.1 Å². The molecular formula is C16H14ClN3O2S. The number of nitro groups is 1. The Morgan fingerprint density at radius 1 is 1.26 bits per heavy atom. The summed E-state index contributed by atoms with van der Waals surface area (Å²) in [6.45, 7) is 0. The van der Waals surface area contributed by atoms with Crippen LogP contribution in [0.4, 0.5) is 11.4 Å². The first-order valence-corrected chi connectivity index (χ1v) is 7.89. The summed E-state index contributed by atoms with van der Waals surface area (Å²) in [5, 5.41) is 17.8. The van der Waals surface area contributed by atoms with Crippen LogP contribution in [0.5, 0.6) is 0 Å². The standard InChI is InChI=1S/C16H14ClN3O2S/c17-13-7-6-11(20(21)22)8-15(13)19-16(23)18-14-9-12(14)10-4-2-1-3-5-10/h1-8,12,14H,9H2,(H2,18,19,23)/t12-,14-/m0/s1. The monoisotopic (exact) mass is 347 g/mol. The van der Waals surface area contributed by atoms with Crippen molar-refractivity contribution < 1.29 is 4.92 Å². The van der Waals surface area contributed by atoms with Gasteiger partial charge in [-0.15, -0.1) is 0 Å². The summed E-state index contributed by atoms with van der Waals surface area (Å²) in [5.74, 6) is 0.441. The van der Waals surface area contributed by atoms with Gasteiger partial charge in [0, 0.05) is 24.1 Å².